The second kappa shape index (κ2) is 12.9. The maximum Gasteiger partial charge on any atom is 0.0894 e. The van der Waals surface area contributed by atoms with Crippen molar-refractivity contribution in [1.29, 1.82) is 0 Å². The Balaban J connectivity index is 0.000000208. The van der Waals surface area contributed by atoms with Crippen LogP contribution in [0, 0.1) is 0 Å². The zero-order chi connectivity index (χ0) is 24.4. The molecule has 6 nitrogen and oxygen atoms in total. The average molecular weight is 525 g/mol. The van der Waals surface area contributed by atoms with E-state index < -0.39 is 0 Å². The van der Waals surface area contributed by atoms with Gasteiger partial charge in [0, 0.05) is 41.6 Å². The molecule has 0 aliphatic carbocycles. The van der Waals surface area contributed by atoms with E-state index in [1.165, 1.54) is 0 Å². The molecule has 0 fully saturated rings. The van der Waals surface area contributed by atoms with E-state index in [0.29, 0.717) is 0 Å². The maximum atomic E-state index is 4.70. The second-order valence-corrected chi connectivity index (χ2v) is 7.68. The third kappa shape index (κ3) is 6.76. The van der Waals surface area contributed by atoms with E-state index in [9.17, 15) is 0 Å². The molecule has 0 amide bonds. The number of nitrogens with zero attached hydrogens (tertiary/aromatic N) is 6. The summed E-state index contributed by atoms with van der Waals surface area (Å²) in [6.45, 7) is 0. The molecule has 0 unspecified atom stereocenters. The van der Waals surface area contributed by atoms with Gasteiger partial charge in [0.25, 0.3) is 0 Å². The number of rotatable bonds is 4. The van der Waals surface area contributed by atoms with Crippen LogP contribution in [-0.4, -0.2) is 29.9 Å². The first-order chi connectivity index (χ1) is 17.9. The molecule has 0 bridgehead atoms. The van der Waals surface area contributed by atoms with Crippen molar-refractivity contribution in [3.05, 3.63) is 134 Å². The summed E-state index contributed by atoms with van der Waals surface area (Å²) in [6, 6.07) is 35.0. The molecule has 6 rings (SSSR count). The van der Waals surface area contributed by atoms with Crippen LogP contribution < -0.4 is 0 Å². The molecular weight excluding hydrogens is 503 g/mol. The molecule has 0 aliphatic rings. The van der Waals surface area contributed by atoms with E-state index in [1.54, 1.807) is 24.8 Å². The number of hydrogen-bond donors (Lipinski definition) is 0. The summed E-state index contributed by atoms with van der Waals surface area (Å²) in [5, 5.41) is 0. The Bertz CT molecular complexity index is 1400. The minimum absolute atomic E-state index is 0. The van der Waals surface area contributed by atoms with Crippen molar-refractivity contribution in [1.82, 2.24) is 29.9 Å². The van der Waals surface area contributed by atoms with E-state index in [0.717, 1.165) is 45.6 Å². The van der Waals surface area contributed by atoms with Crippen LogP contribution in [0.15, 0.2) is 134 Å². The fraction of sp³-hybridized carbons (Fsp3) is 0. The van der Waals surface area contributed by atoms with Gasteiger partial charge >= 0.3 is 0 Å². The minimum atomic E-state index is 0. The third-order valence-electron chi connectivity index (χ3n) is 5.21. The van der Waals surface area contributed by atoms with Gasteiger partial charge in [-0.3, -0.25) is 19.9 Å². The van der Waals surface area contributed by atoms with Crippen molar-refractivity contribution in [2.75, 3.05) is 0 Å². The second-order valence-electron chi connectivity index (χ2n) is 7.68. The van der Waals surface area contributed by atoms with Crippen LogP contribution in [0.5, 0.6) is 0 Å². The van der Waals surface area contributed by atoms with Crippen molar-refractivity contribution in [3.8, 4) is 45.6 Å². The Morgan fingerprint density at radius 3 is 0.784 bits per heavy atom. The first-order valence-corrected chi connectivity index (χ1v) is 11.5. The Morgan fingerprint density at radius 1 is 0.270 bits per heavy atom. The average Bonchev–Trinajstić information content (AvgIpc) is 2.99. The molecular formula is C30H22CoN6. The van der Waals surface area contributed by atoms with Crippen molar-refractivity contribution >= 4 is 0 Å². The van der Waals surface area contributed by atoms with E-state index in [-0.39, 0.29) is 16.8 Å². The van der Waals surface area contributed by atoms with Crippen molar-refractivity contribution < 1.29 is 16.8 Å². The first kappa shape index (κ1) is 25.5. The molecule has 0 spiro atoms. The van der Waals surface area contributed by atoms with Gasteiger partial charge in [-0.25, -0.2) is 9.97 Å². The van der Waals surface area contributed by atoms with Crippen LogP contribution in [0.1, 0.15) is 0 Å². The van der Waals surface area contributed by atoms with Crippen LogP contribution in [0.2, 0.25) is 0 Å². The minimum Gasteiger partial charge on any atom is -0.255 e. The standard InChI is InChI=1S/C20H14N4.C10H8N2.Co/c1-3-13-21-15(7-1)17-9-5-11-19(23-17)20-12-6-10-18(24-20)16-8-2-4-14-22-16;1-3-7-11-9(5-1)10-6-2-4-8-12-10;/h1-14H;1-8H;. The molecule has 37 heavy (non-hydrogen) atoms. The summed E-state index contributed by atoms with van der Waals surface area (Å²) < 4.78 is 0. The fourth-order valence-corrected chi connectivity index (χ4v) is 3.50. The van der Waals surface area contributed by atoms with Gasteiger partial charge in [-0.15, -0.1) is 0 Å². The number of aromatic nitrogens is 6. The molecule has 0 aliphatic heterocycles. The molecule has 0 N–H and O–H groups in total. The molecule has 7 heteroatoms. The Hall–Kier alpha value is -4.59. The smallest absolute Gasteiger partial charge is 0.0894 e. The zero-order valence-corrected chi connectivity index (χ0v) is 20.8. The van der Waals surface area contributed by atoms with Gasteiger partial charge in [0.2, 0.25) is 0 Å². The van der Waals surface area contributed by atoms with Crippen molar-refractivity contribution in [3.63, 3.8) is 0 Å². The molecule has 1 radical (unpaired) electrons. The topological polar surface area (TPSA) is 77.3 Å². The molecule has 6 heterocycles. The normalized spacial score (nSPS) is 9.95. The predicted octanol–water partition coefficient (Wildman–Crippen LogP) is 6.41. The Kier molecular flexibility index (Phi) is 8.90. The zero-order valence-electron chi connectivity index (χ0n) is 19.7. The van der Waals surface area contributed by atoms with Crippen molar-refractivity contribution in [2.45, 2.75) is 0 Å². The van der Waals surface area contributed by atoms with E-state index in [2.05, 4.69) is 19.9 Å². The molecule has 0 aromatic carbocycles. The van der Waals surface area contributed by atoms with Gasteiger partial charge in [-0.2, -0.15) is 0 Å². The van der Waals surface area contributed by atoms with E-state index >= 15 is 0 Å². The Morgan fingerprint density at radius 2 is 0.514 bits per heavy atom. The molecule has 6 aromatic rings. The number of pyridine rings is 6. The van der Waals surface area contributed by atoms with E-state index in [1.807, 2.05) is 109 Å². The SMILES string of the molecule is [Co].c1ccc(-c2cccc(-c3cccc(-c4ccccn4)n3)n2)nc1.c1ccc(-c2ccccn2)nc1. The van der Waals surface area contributed by atoms with E-state index in [4.69, 9.17) is 9.97 Å². The van der Waals surface area contributed by atoms with Crippen LogP contribution in [0.3, 0.4) is 0 Å². The van der Waals surface area contributed by atoms with Crippen LogP contribution in [-0.2, 0) is 16.8 Å². The summed E-state index contributed by atoms with van der Waals surface area (Å²) in [7, 11) is 0. The third-order valence-corrected chi connectivity index (χ3v) is 5.21. The molecule has 6 aromatic heterocycles. The quantitative estimate of drug-likeness (QED) is 0.265. The van der Waals surface area contributed by atoms with Crippen molar-refractivity contribution in [2.24, 2.45) is 0 Å². The molecule has 181 valence electrons. The predicted molar refractivity (Wildman–Crippen MR) is 141 cm³/mol. The van der Waals surface area contributed by atoms with Gasteiger partial charge < -0.3 is 0 Å². The first-order valence-electron chi connectivity index (χ1n) is 11.5. The summed E-state index contributed by atoms with van der Waals surface area (Å²) >= 11 is 0. The van der Waals surface area contributed by atoms with Gasteiger partial charge in [0.15, 0.2) is 0 Å². The molecule has 0 saturated carbocycles. The maximum absolute atomic E-state index is 4.70. The van der Waals surface area contributed by atoms with Crippen LogP contribution in [0.25, 0.3) is 45.6 Å². The molecule has 0 saturated heterocycles. The summed E-state index contributed by atoms with van der Waals surface area (Å²) in [4.78, 5) is 26.5. The van der Waals surface area contributed by atoms with Gasteiger partial charge in [0.1, 0.15) is 0 Å². The van der Waals surface area contributed by atoms with Gasteiger partial charge in [0.05, 0.1) is 45.6 Å². The fourth-order valence-electron chi connectivity index (χ4n) is 3.50. The monoisotopic (exact) mass is 525 g/mol. The number of hydrogen-bond acceptors (Lipinski definition) is 6. The summed E-state index contributed by atoms with van der Waals surface area (Å²) in [5.74, 6) is 0. The summed E-state index contributed by atoms with van der Waals surface area (Å²) in [6.07, 6.45) is 7.07. The largest absolute Gasteiger partial charge is 0.255 e. The van der Waals surface area contributed by atoms with Crippen LogP contribution >= 0.6 is 0 Å². The van der Waals surface area contributed by atoms with Crippen LogP contribution in [0.4, 0.5) is 0 Å². The van der Waals surface area contributed by atoms with Gasteiger partial charge in [-0.05, 0) is 72.8 Å². The molecule has 0 atom stereocenters. The Labute approximate surface area is 225 Å². The summed E-state index contributed by atoms with van der Waals surface area (Å²) in [5.41, 5.74) is 6.82. The van der Waals surface area contributed by atoms with Gasteiger partial charge in [-0.1, -0.05) is 36.4 Å².